The Morgan fingerprint density at radius 3 is 2.41 bits per heavy atom. The van der Waals surface area contributed by atoms with Crippen LogP contribution in [0.2, 0.25) is 0 Å². The zero-order chi connectivity index (χ0) is 26.1. The highest BCUT2D eigenvalue weighted by Crippen LogP contribution is 2.28. The summed E-state index contributed by atoms with van der Waals surface area (Å²) < 4.78 is 38.8. The number of rotatable bonds is 11. The van der Waals surface area contributed by atoms with Gasteiger partial charge in [-0.15, -0.1) is 12.8 Å². The van der Waals surface area contributed by atoms with E-state index in [1.165, 1.54) is 14.1 Å². The fraction of sp³-hybridized carbons (Fsp3) is 0.455. The minimum atomic E-state index is -3.72. The summed E-state index contributed by atoms with van der Waals surface area (Å²) in [5, 5.41) is 17.4. The number of nitrogens with one attached hydrogen (secondary N) is 2. The molecule has 0 spiro atoms. The van der Waals surface area contributed by atoms with E-state index >= 15 is 0 Å². The van der Waals surface area contributed by atoms with Crippen molar-refractivity contribution in [3.63, 3.8) is 0 Å². The third-order valence-corrected chi connectivity index (χ3v) is 7.25. The molecule has 0 unspecified atom stereocenters. The standard InChI is InChI=1S/C16H23N5O4S3.C4H10.C2H2/c1-4-5-13(11-26-14(9-22)28(23,24)21(2)3)18-16-15(19-27-20-16)17-8-12-6-7-25-10-12;1-4(2)3;1-2/h6-7,9-11,22H,4-5,8H2,1-3H3,(H,17,19)(H,18,20);4H,1-3H3;1-2H/b13-11+,14-9-;;. The van der Waals surface area contributed by atoms with Crippen molar-refractivity contribution in [2.45, 2.75) is 47.1 Å². The van der Waals surface area contributed by atoms with Crippen LogP contribution < -0.4 is 10.6 Å². The summed E-state index contributed by atoms with van der Waals surface area (Å²) in [5.41, 5.74) is 1.74. The third kappa shape index (κ3) is 11.6. The van der Waals surface area contributed by atoms with Gasteiger partial charge in [-0.3, -0.25) is 0 Å². The predicted molar refractivity (Wildman–Crippen MR) is 144 cm³/mol. The maximum atomic E-state index is 12.2. The Morgan fingerprint density at radius 1 is 1.29 bits per heavy atom. The second kappa shape index (κ2) is 17.0. The molecular formula is C22H35N5O4S3. The first-order valence-corrected chi connectivity index (χ1v) is 13.5. The number of aromatic nitrogens is 2. The molecule has 0 fully saturated rings. The van der Waals surface area contributed by atoms with Gasteiger partial charge in [0.2, 0.25) is 0 Å². The van der Waals surface area contributed by atoms with Crippen molar-refractivity contribution in [2.75, 3.05) is 24.7 Å². The number of anilines is 2. The average molecular weight is 530 g/mol. The van der Waals surface area contributed by atoms with Crippen LogP contribution in [-0.4, -0.2) is 40.7 Å². The van der Waals surface area contributed by atoms with E-state index < -0.39 is 10.0 Å². The van der Waals surface area contributed by atoms with Gasteiger partial charge in [-0.2, -0.15) is 8.75 Å². The van der Waals surface area contributed by atoms with E-state index in [0.29, 0.717) is 30.9 Å². The molecule has 190 valence electrons. The molecule has 0 aliphatic rings. The van der Waals surface area contributed by atoms with Crippen molar-refractivity contribution in [2.24, 2.45) is 5.92 Å². The molecule has 2 rings (SSSR count). The van der Waals surface area contributed by atoms with Crippen molar-refractivity contribution in [1.82, 2.24) is 13.1 Å². The second-order valence-electron chi connectivity index (χ2n) is 7.55. The Balaban J connectivity index is 0.00000164. The Morgan fingerprint density at radius 2 is 1.91 bits per heavy atom. The quantitative estimate of drug-likeness (QED) is 0.249. The van der Waals surface area contributed by atoms with Crippen LogP contribution in [-0.2, 0) is 16.6 Å². The van der Waals surface area contributed by atoms with Gasteiger partial charge in [-0.25, -0.2) is 12.7 Å². The number of sulfonamides is 1. The first-order valence-electron chi connectivity index (χ1n) is 10.4. The molecule has 0 bridgehead atoms. The van der Waals surface area contributed by atoms with Gasteiger partial charge in [-0.1, -0.05) is 45.9 Å². The lowest BCUT2D eigenvalue weighted by Gasteiger charge is -2.13. The SMILES string of the molecule is C#C.CC(C)C.CCC/C(=C\S/C(=C/O)S(=O)(=O)N(C)C)Nc1nsnc1NCc1ccoc1. The number of hydrogen-bond donors (Lipinski definition) is 3. The zero-order valence-electron chi connectivity index (χ0n) is 20.5. The third-order valence-electron chi connectivity index (χ3n) is 3.48. The molecule has 0 aliphatic heterocycles. The van der Waals surface area contributed by atoms with Gasteiger partial charge in [0.1, 0.15) is 6.26 Å². The number of furan rings is 1. The smallest absolute Gasteiger partial charge is 0.252 e. The van der Waals surface area contributed by atoms with Gasteiger partial charge < -0.3 is 20.2 Å². The Bertz CT molecular complexity index is 992. The van der Waals surface area contributed by atoms with E-state index in [1.807, 2.05) is 13.0 Å². The molecule has 0 aliphatic carbocycles. The molecule has 0 saturated heterocycles. The van der Waals surface area contributed by atoms with Crippen molar-refractivity contribution >= 4 is 45.1 Å². The summed E-state index contributed by atoms with van der Waals surface area (Å²) in [6, 6.07) is 1.85. The molecular weight excluding hydrogens is 494 g/mol. The number of allylic oxidation sites excluding steroid dienone is 1. The summed E-state index contributed by atoms with van der Waals surface area (Å²) in [6.45, 7) is 9.05. The fourth-order valence-electron chi connectivity index (χ4n) is 2.00. The van der Waals surface area contributed by atoms with E-state index in [-0.39, 0.29) is 4.24 Å². The summed E-state index contributed by atoms with van der Waals surface area (Å²) in [4.78, 5) is 0. The number of thioether (sulfide) groups is 1. The lowest BCUT2D eigenvalue weighted by atomic mass is 10.3. The fourth-order valence-corrected chi connectivity index (χ4v) is 4.56. The van der Waals surface area contributed by atoms with E-state index in [2.05, 4.69) is 53.0 Å². The van der Waals surface area contributed by atoms with Gasteiger partial charge in [0.25, 0.3) is 10.0 Å². The number of terminal acetylenes is 1. The maximum Gasteiger partial charge on any atom is 0.252 e. The van der Waals surface area contributed by atoms with Crippen LogP contribution >= 0.6 is 23.5 Å². The molecule has 0 saturated carbocycles. The van der Waals surface area contributed by atoms with Crippen molar-refractivity contribution < 1.29 is 17.9 Å². The number of hydrogen-bond acceptors (Lipinski definition) is 10. The minimum Gasteiger partial charge on any atom is -0.514 e. The molecule has 0 amide bonds. The maximum absolute atomic E-state index is 12.2. The molecule has 3 N–H and O–H groups in total. The monoisotopic (exact) mass is 529 g/mol. The first-order chi connectivity index (χ1) is 16.1. The van der Waals surface area contributed by atoms with Crippen molar-refractivity contribution in [3.05, 3.63) is 45.8 Å². The van der Waals surface area contributed by atoms with Crippen LogP contribution in [0, 0.1) is 18.8 Å². The normalized spacial score (nSPS) is 11.9. The molecule has 2 aromatic rings. The van der Waals surface area contributed by atoms with E-state index in [4.69, 9.17) is 4.42 Å². The van der Waals surface area contributed by atoms with Crippen LogP contribution in [0.25, 0.3) is 0 Å². The van der Waals surface area contributed by atoms with Gasteiger partial charge >= 0.3 is 0 Å². The highest BCUT2D eigenvalue weighted by Gasteiger charge is 2.21. The second-order valence-corrected chi connectivity index (χ2v) is 11.4. The summed E-state index contributed by atoms with van der Waals surface area (Å²) in [7, 11) is -0.896. The Labute approximate surface area is 212 Å². The summed E-state index contributed by atoms with van der Waals surface area (Å²) in [6.07, 6.45) is 13.4. The van der Waals surface area contributed by atoms with Crippen LogP contribution in [0.5, 0.6) is 0 Å². The van der Waals surface area contributed by atoms with Crippen molar-refractivity contribution in [1.29, 1.82) is 0 Å². The Kier molecular flexibility index (Phi) is 15.8. The molecule has 0 radical (unpaired) electrons. The molecule has 9 nitrogen and oxygen atoms in total. The van der Waals surface area contributed by atoms with Gasteiger partial charge in [0.05, 0.1) is 24.3 Å². The average Bonchev–Trinajstić information content (AvgIpc) is 3.45. The van der Waals surface area contributed by atoms with E-state index in [9.17, 15) is 13.5 Å². The highest BCUT2D eigenvalue weighted by molar-refractivity contribution is 8.19. The van der Waals surface area contributed by atoms with Gasteiger partial charge in [-0.05, 0) is 23.8 Å². The summed E-state index contributed by atoms with van der Waals surface area (Å²) in [5.74, 6) is 1.98. The molecule has 2 heterocycles. The first kappa shape index (κ1) is 31.5. The van der Waals surface area contributed by atoms with E-state index in [0.717, 1.165) is 51.4 Å². The van der Waals surface area contributed by atoms with Gasteiger partial charge in [0, 0.05) is 31.9 Å². The van der Waals surface area contributed by atoms with Crippen LogP contribution in [0.1, 0.15) is 46.1 Å². The molecule has 34 heavy (non-hydrogen) atoms. The van der Waals surface area contributed by atoms with Crippen LogP contribution in [0.3, 0.4) is 0 Å². The van der Waals surface area contributed by atoms with Crippen LogP contribution in [0.4, 0.5) is 11.6 Å². The number of nitrogens with zero attached hydrogens (tertiary/aromatic N) is 3. The van der Waals surface area contributed by atoms with E-state index in [1.54, 1.807) is 17.9 Å². The molecule has 12 heteroatoms. The zero-order valence-corrected chi connectivity index (χ0v) is 22.9. The predicted octanol–water partition coefficient (Wildman–Crippen LogP) is 5.69. The lowest BCUT2D eigenvalue weighted by molar-refractivity contribution is 0.470. The van der Waals surface area contributed by atoms with Gasteiger partial charge in [0.15, 0.2) is 15.9 Å². The number of aliphatic hydroxyl groups is 1. The van der Waals surface area contributed by atoms with Crippen LogP contribution in [0.15, 0.2) is 44.6 Å². The molecule has 0 atom stereocenters. The topological polar surface area (TPSA) is 121 Å². The lowest BCUT2D eigenvalue weighted by Crippen LogP contribution is -2.22. The highest BCUT2D eigenvalue weighted by atomic mass is 32.3. The number of aliphatic hydroxyl groups excluding tert-OH is 1. The molecule has 2 aromatic heterocycles. The Hall–Kier alpha value is -2.46. The minimum absolute atomic E-state index is 0.164. The van der Waals surface area contributed by atoms with Crippen molar-refractivity contribution in [3.8, 4) is 12.8 Å². The molecule has 0 aromatic carbocycles. The summed E-state index contributed by atoms with van der Waals surface area (Å²) >= 11 is 1.99. The largest absolute Gasteiger partial charge is 0.514 e.